The third-order valence-electron chi connectivity index (χ3n) is 5.85. The lowest BCUT2D eigenvalue weighted by molar-refractivity contribution is -0.134. The van der Waals surface area contributed by atoms with E-state index in [4.69, 9.17) is 9.72 Å². The van der Waals surface area contributed by atoms with Crippen LogP contribution in [0.4, 0.5) is 5.69 Å². The molecule has 2 saturated heterocycles. The molecule has 6 heteroatoms. The summed E-state index contributed by atoms with van der Waals surface area (Å²) >= 11 is 0. The van der Waals surface area contributed by atoms with Gasteiger partial charge in [-0.2, -0.15) is 0 Å². The minimum atomic E-state index is 0.0285. The third-order valence-corrected chi connectivity index (χ3v) is 5.85. The van der Waals surface area contributed by atoms with E-state index in [1.165, 1.54) is 5.69 Å². The molecule has 6 nitrogen and oxygen atoms in total. The van der Waals surface area contributed by atoms with Gasteiger partial charge in [-0.15, -0.1) is 0 Å². The van der Waals surface area contributed by atoms with Crippen molar-refractivity contribution < 1.29 is 9.53 Å². The van der Waals surface area contributed by atoms with Crippen LogP contribution < -0.4 is 9.64 Å². The normalized spacial score (nSPS) is 20.1. The third kappa shape index (κ3) is 4.70. The van der Waals surface area contributed by atoms with Crippen LogP contribution >= 0.6 is 0 Å². The highest BCUT2D eigenvalue weighted by Gasteiger charge is 2.32. The van der Waals surface area contributed by atoms with Crippen molar-refractivity contribution in [2.75, 3.05) is 51.3 Å². The Balaban J connectivity index is 1.47. The van der Waals surface area contributed by atoms with Crippen molar-refractivity contribution >= 4 is 11.6 Å². The topological polar surface area (TPSA) is 48.9 Å². The molecule has 4 rings (SSSR count). The van der Waals surface area contributed by atoms with Gasteiger partial charge in [-0.3, -0.25) is 9.78 Å². The summed E-state index contributed by atoms with van der Waals surface area (Å²) < 4.78 is 5.69. The van der Waals surface area contributed by atoms with E-state index in [0.717, 1.165) is 62.7 Å². The molecule has 2 aliphatic rings. The lowest BCUT2D eigenvalue weighted by atomic mass is 10.1. The van der Waals surface area contributed by atoms with Gasteiger partial charge < -0.3 is 19.4 Å². The molecule has 3 heterocycles. The minimum absolute atomic E-state index is 0.0285. The van der Waals surface area contributed by atoms with Gasteiger partial charge in [0.25, 0.3) is 5.91 Å². The van der Waals surface area contributed by atoms with Gasteiger partial charge in [-0.25, -0.2) is 0 Å². The van der Waals surface area contributed by atoms with Gasteiger partial charge in [0.15, 0.2) is 6.61 Å². The number of aromatic nitrogens is 1. The number of amides is 1. The lowest BCUT2D eigenvalue weighted by Crippen LogP contribution is -2.44. The van der Waals surface area contributed by atoms with Crippen LogP contribution in [0.15, 0.2) is 42.5 Å². The molecule has 1 atom stereocenters. The molecule has 2 aromatic rings. The quantitative estimate of drug-likeness (QED) is 0.781. The van der Waals surface area contributed by atoms with Crippen molar-refractivity contribution in [2.45, 2.75) is 25.8 Å². The Hall–Kier alpha value is -2.60. The van der Waals surface area contributed by atoms with Crippen LogP contribution in [0.2, 0.25) is 0 Å². The van der Waals surface area contributed by atoms with Crippen LogP contribution in [0.25, 0.3) is 0 Å². The molecule has 2 fully saturated rings. The van der Waals surface area contributed by atoms with Crippen LogP contribution in [-0.2, 0) is 4.79 Å². The van der Waals surface area contributed by atoms with E-state index in [0.29, 0.717) is 0 Å². The first-order chi connectivity index (χ1) is 14.1. The minimum Gasteiger partial charge on any atom is -0.484 e. The number of benzene rings is 1. The predicted molar refractivity (Wildman–Crippen MR) is 114 cm³/mol. The predicted octanol–water partition coefficient (Wildman–Crippen LogP) is 2.88. The van der Waals surface area contributed by atoms with Crippen molar-refractivity contribution in [1.82, 2.24) is 14.8 Å². The Bertz CT molecular complexity index is 834. The Morgan fingerprint density at radius 2 is 1.86 bits per heavy atom. The molecule has 0 bridgehead atoms. The first kappa shape index (κ1) is 19.7. The molecular formula is C23H30N4O2. The summed E-state index contributed by atoms with van der Waals surface area (Å²) in [5.41, 5.74) is 3.24. The Kier molecular flexibility index (Phi) is 6.00. The summed E-state index contributed by atoms with van der Waals surface area (Å²) in [7, 11) is 2.17. The van der Waals surface area contributed by atoms with E-state index in [1.807, 2.05) is 42.2 Å². The van der Waals surface area contributed by atoms with Crippen LogP contribution in [-0.4, -0.2) is 67.1 Å². The number of anilines is 1. The molecule has 0 radical (unpaired) electrons. The summed E-state index contributed by atoms with van der Waals surface area (Å²) in [5.74, 6) is 0.753. The maximum atomic E-state index is 12.9. The number of nitrogens with zero attached hydrogens (tertiary/aromatic N) is 4. The molecular weight excluding hydrogens is 364 g/mol. The number of carbonyl (C=O) groups is 1. The number of pyridine rings is 1. The van der Waals surface area contributed by atoms with Gasteiger partial charge in [0.1, 0.15) is 5.75 Å². The molecule has 0 unspecified atom stereocenters. The lowest BCUT2D eigenvalue weighted by Gasteiger charge is -2.34. The van der Waals surface area contributed by atoms with Gasteiger partial charge in [-0.05, 0) is 51.1 Å². The molecule has 2 aliphatic heterocycles. The second kappa shape index (κ2) is 8.82. The average molecular weight is 395 g/mol. The second-order valence-corrected chi connectivity index (χ2v) is 8.03. The number of piperazine rings is 1. The highest BCUT2D eigenvalue weighted by Crippen LogP contribution is 2.33. The van der Waals surface area contributed by atoms with E-state index in [2.05, 4.69) is 29.0 Å². The first-order valence-corrected chi connectivity index (χ1v) is 10.5. The van der Waals surface area contributed by atoms with Crippen LogP contribution in [0.3, 0.4) is 0 Å². The molecule has 29 heavy (non-hydrogen) atoms. The van der Waals surface area contributed by atoms with Gasteiger partial charge in [0, 0.05) is 44.1 Å². The fourth-order valence-electron chi connectivity index (χ4n) is 4.21. The number of ether oxygens (including phenoxy) is 1. The number of likely N-dealkylation sites (tertiary alicyclic amines) is 1. The standard InChI is InChI=1S/C23H30N4O2/c1-18-15-19(26-13-11-25(2)12-14-26)16-21(24-18)22-9-6-10-27(22)23(28)17-29-20-7-4-3-5-8-20/h3-5,7-8,15-16,22H,6,9-14,17H2,1-2H3/t22-/m0/s1. The highest BCUT2D eigenvalue weighted by atomic mass is 16.5. The first-order valence-electron chi connectivity index (χ1n) is 10.5. The largest absolute Gasteiger partial charge is 0.484 e. The van der Waals surface area contributed by atoms with Crippen molar-refractivity contribution in [3.63, 3.8) is 0 Å². The Morgan fingerprint density at radius 3 is 2.62 bits per heavy atom. The van der Waals surface area contributed by atoms with Crippen molar-refractivity contribution in [3.8, 4) is 5.75 Å². The second-order valence-electron chi connectivity index (χ2n) is 8.03. The fraction of sp³-hybridized carbons (Fsp3) is 0.478. The number of hydrogen-bond acceptors (Lipinski definition) is 5. The summed E-state index contributed by atoms with van der Waals surface area (Å²) in [4.78, 5) is 24.4. The Labute approximate surface area is 173 Å². The monoisotopic (exact) mass is 394 g/mol. The number of para-hydroxylation sites is 1. The van der Waals surface area contributed by atoms with E-state index >= 15 is 0 Å². The summed E-state index contributed by atoms with van der Waals surface area (Å²) in [6, 6.07) is 13.9. The smallest absolute Gasteiger partial charge is 0.261 e. The van der Waals surface area contributed by atoms with Gasteiger partial charge in [0.05, 0.1) is 11.7 Å². The zero-order chi connectivity index (χ0) is 20.2. The molecule has 154 valence electrons. The van der Waals surface area contributed by atoms with Gasteiger partial charge in [-0.1, -0.05) is 18.2 Å². The molecule has 0 saturated carbocycles. The molecule has 0 spiro atoms. The molecule has 0 aliphatic carbocycles. The van der Waals surface area contributed by atoms with Crippen molar-refractivity contribution in [3.05, 3.63) is 53.9 Å². The molecule has 1 aromatic heterocycles. The Morgan fingerprint density at radius 1 is 1.10 bits per heavy atom. The zero-order valence-electron chi connectivity index (χ0n) is 17.4. The van der Waals surface area contributed by atoms with Crippen LogP contribution in [0.1, 0.15) is 30.3 Å². The van der Waals surface area contributed by atoms with E-state index < -0.39 is 0 Å². The van der Waals surface area contributed by atoms with E-state index in [9.17, 15) is 4.79 Å². The number of aryl methyl sites for hydroxylation is 1. The fourth-order valence-corrected chi connectivity index (χ4v) is 4.21. The number of hydrogen-bond donors (Lipinski definition) is 0. The van der Waals surface area contributed by atoms with E-state index in [-0.39, 0.29) is 18.6 Å². The van der Waals surface area contributed by atoms with Crippen molar-refractivity contribution in [2.24, 2.45) is 0 Å². The SMILES string of the molecule is Cc1cc(N2CCN(C)CC2)cc([C@@H]2CCCN2C(=O)COc2ccccc2)n1. The maximum absolute atomic E-state index is 12.9. The molecule has 0 N–H and O–H groups in total. The van der Waals surface area contributed by atoms with Gasteiger partial charge >= 0.3 is 0 Å². The van der Waals surface area contributed by atoms with Gasteiger partial charge in [0.2, 0.25) is 0 Å². The number of carbonyl (C=O) groups excluding carboxylic acids is 1. The summed E-state index contributed by atoms with van der Waals surface area (Å²) in [5, 5.41) is 0. The van der Waals surface area contributed by atoms with Crippen LogP contribution in [0, 0.1) is 6.92 Å². The summed E-state index contributed by atoms with van der Waals surface area (Å²) in [6.07, 6.45) is 1.96. The molecule has 1 amide bonds. The van der Waals surface area contributed by atoms with Crippen LogP contribution in [0.5, 0.6) is 5.75 Å². The zero-order valence-corrected chi connectivity index (χ0v) is 17.4. The number of rotatable bonds is 5. The van der Waals surface area contributed by atoms with Crippen molar-refractivity contribution in [1.29, 1.82) is 0 Å². The summed E-state index contributed by atoms with van der Waals surface area (Å²) in [6.45, 7) is 7.07. The molecule has 1 aromatic carbocycles. The average Bonchev–Trinajstić information content (AvgIpc) is 3.23. The van der Waals surface area contributed by atoms with E-state index in [1.54, 1.807) is 0 Å². The highest BCUT2D eigenvalue weighted by molar-refractivity contribution is 5.78. The maximum Gasteiger partial charge on any atom is 0.261 e. The number of likely N-dealkylation sites (N-methyl/N-ethyl adjacent to an activating group) is 1.